The van der Waals surface area contributed by atoms with Crippen LogP contribution in [0.2, 0.25) is 0 Å². The molecule has 1 heterocycles. The number of amides is 3. The number of phenols is 2. The van der Waals surface area contributed by atoms with E-state index in [1.54, 1.807) is 24.3 Å². The van der Waals surface area contributed by atoms with Crippen molar-refractivity contribution in [3.8, 4) is 22.6 Å². The van der Waals surface area contributed by atoms with Crippen LogP contribution >= 0.6 is 0 Å². The molecule has 0 aromatic heterocycles. The van der Waals surface area contributed by atoms with E-state index in [1.807, 2.05) is 0 Å². The maximum absolute atomic E-state index is 13.7. The number of aliphatic hydroxyl groups excluding tert-OH is 1. The Morgan fingerprint density at radius 2 is 1.82 bits per heavy atom. The van der Waals surface area contributed by atoms with Gasteiger partial charge in [-0.3, -0.25) is 14.4 Å². The van der Waals surface area contributed by atoms with Crippen molar-refractivity contribution >= 4 is 17.7 Å². The zero-order chi connectivity index (χ0) is 28.5. The zero-order valence-electron chi connectivity index (χ0n) is 21.8. The number of rotatable bonds is 6. The lowest BCUT2D eigenvalue weighted by Crippen LogP contribution is -2.58. The van der Waals surface area contributed by atoms with E-state index in [0.717, 1.165) is 0 Å². The molecule has 3 amide bonds. The number of aromatic hydroxyl groups is 2. The molecule has 2 aliphatic rings. The number of hydrogen-bond acceptors (Lipinski definition) is 9. The van der Waals surface area contributed by atoms with Crippen LogP contribution in [0.15, 0.2) is 36.4 Å². The number of carbonyl (C=O) groups is 3. The lowest BCUT2D eigenvalue weighted by Gasteiger charge is -2.32. The number of hydrogen-bond donors (Lipinski definition) is 8. The fraction of sp³-hybridized carbons (Fsp3) is 0.444. The molecule has 5 atom stereocenters. The first-order valence-electron chi connectivity index (χ1n) is 12.9. The van der Waals surface area contributed by atoms with Gasteiger partial charge in [0.05, 0.1) is 6.10 Å². The van der Waals surface area contributed by atoms with Gasteiger partial charge in [-0.1, -0.05) is 12.1 Å². The van der Waals surface area contributed by atoms with Gasteiger partial charge in [-0.2, -0.15) is 0 Å². The van der Waals surface area contributed by atoms with Crippen LogP contribution in [-0.4, -0.2) is 88.3 Å². The number of likely N-dealkylation sites (N-methyl/N-ethyl adjacent to an activating group) is 1. The Balaban J connectivity index is 1.84. The molecule has 2 aromatic carbocycles. The van der Waals surface area contributed by atoms with Crippen molar-refractivity contribution in [3.63, 3.8) is 0 Å². The summed E-state index contributed by atoms with van der Waals surface area (Å²) in [6.45, 7) is 0.200. The Hall–Kier alpha value is -3.71. The number of fused-ring (bicyclic) bond motifs is 7. The largest absolute Gasteiger partial charge is 0.508 e. The fourth-order valence-electron chi connectivity index (χ4n) is 5.07. The lowest BCUT2D eigenvalue weighted by molar-refractivity contribution is -0.142. The van der Waals surface area contributed by atoms with E-state index in [2.05, 4.69) is 10.6 Å². The number of aliphatic hydroxyl groups is 1. The van der Waals surface area contributed by atoms with Gasteiger partial charge in [-0.15, -0.1) is 0 Å². The number of nitrogens with one attached hydrogen (secondary N) is 2. The maximum atomic E-state index is 13.7. The van der Waals surface area contributed by atoms with Crippen molar-refractivity contribution in [3.05, 3.63) is 47.5 Å². The summed E-state index contributed by atoms with van der Waals surface area (Å²) in [4.78, 5) is 41.5. The third-order valence-electron chi connectivity index (χ3n) is 7.60. The average molecular weight is 541 g/mol. The minimum absolute atomic E-state index is 0.0188. The summed E-state index contributed by atoms with van der Waals surface area (Å²) in [5.74, 6) is -2.36. The minimum Gasteiger partial charge on any atom is -0.508 e. The second kappa shape index (κ2) is 11.2. The number of benzene rings is 2. The molecule has 0 saturated heterocycles. The van der Waals surface area contributed by atoms with Gasteiger partial charge in [-0.05, 0) is 47.4 Å². The highest BCUT2D eigenvalue weighted by Gasteiger charge is 2.59. The van der Waals surface area contributed by atoms with Gasteiger partial charge in [0.15, 0.2) is 0 Å². The molecule has 2 aromatic rings. The van der Waals surface area contributed by atoms with Gasteiger partial charge >= 0.3 is 0 Å². The Kier molecular flexibility index (Phi) is 8.12. The van der Waals surface area contributed by atoms with Crippen LogP contribution < -0.4 is 27.8 Å². The Morgan fingerprint density at radius 1 is 1.15 bits per heavy atom. The number of carbonyl (C=O) groups excluding carboxylic acids is 3. The highest BCUT2D eigenvalue weighted by Crippen LogP contribution is 2.53. The van der Waals surface area contributed by atoms with Crippen LogP contribution in [0.5, 0.6) is 11.5 Å². The minimum atomic E-state index is -1.39. The molecule has 1 saturated carbocycles. The van der Waals surface area contributed by atoms with E-state index < -0.39 is 47.4 Å². The molecule has 4 rings (SSSR count). The van der Waals surface area contributed by atoms with Crippen molar-refractivity contribution in [2.24, 2.45) is 17.2 Å². The van der Waals surface area contributed by atoms with Crippen LogP contribution in [0.25, 0.3) is 11.1 Å². The van der Waals surface area contributed by atoms with Gasteiger partial charge in [0.25, 0.3) is 0 Å². The SMILES string of the molecule is CN1C(=O)[C@H](C[C@@H](O)CN)NC(=O)[C@@]2(N)CC2c2cc(ccc2O)-c2ccc(O)c(c2)C[C@H]1C(=O)NCCN. The molecule has 1 unspecified atom stereocenters. The van der Waals surface area contributed by atoms with E-state index in [1.165, 1.54) is 24.1 Å². The van der Waals surface area contributed by atoms with Crippen LogP contribution in [0.4, 0.5) is 0 Å². The number of phenolic OH excluding ortho intramolecular Hbond substituents is 2. The third-order valence-corrected chi connectivity index (χ3v) is 7.60. The topological polar surface area (TPSA) is 217 Å². The molecule has 12 heteroatoms. The smallest absolute Gasteiger partial charge is 0.245 e. The van der Waals surface area contributed by atoms with E-state index >= 15 is 0 Å². The van der Waals surface area contributed by atoms with Crippen molar-refractivity contribution in [1.82, 2.24) is 15.5 Å². The van der Waals surface area contributed by atoms with E-state index in [4.69, 9.17) is 17.2 Å². The van der Waals surface area contributed by atoms with E-state index in [-0.39, 0.29) is 50.4 Å². The van der Waals surface area contributed by atoms with Gasteiger partial charge in [0.2, 0.25) is 17.7 Å². The molecule has 0 radical (unpaired) electrons. The highest BCUT2D eigenvalue weighted by atomic mass is 16.3. The number of nitrogens with two attached hydrogens (primary N) is 3. The molecular formula is C27H36N6O6. The molecule has 39 heavy (non-hydrogen) atoms. The van der Waals surface area contributed by atoms with E-state index in [0.29, 0.717) is 22.3 Å². The first-order chi connectivity index (χ1) is 18.5. The molecule has 0 spiro atoms. The second-order valence-electron chi connectivity index (χ2n) is 10.3. The monoisotopic (exact) mass is 540 g/mol. The van der Waals surface area contributed by atoms with Gasteiger partial charge in [-0.25, -0.2) is 0 Å². The summed E-state index contributed by atoms with van der Waals surface area (Å²) < 4.78 is 0. The average Bonchev–Trinajstić information content (AvgIpc) is 3.62. The molecule has 1 aliphatic heterocycles. The molecular weight excluding hydrogens is 504 g/mol. The molecule has 11 N–H and O–H groups in total. The normalized spacial score (nSPS) is 25.6. The third kappa shape index (κ3) is 5.69. The number of nitrogens with zero attached hydrogens (tertiary/aromatic N) is 1. The zero-order valence-corrected chi connectivity index (χ0v) is 21.8. The summed E-state index contributed by atoms with van der Waals surface area (Å²) in [6, 6.07) is 7.57. The van der Waals surface area contributed by atoms with Gasteiger partial charge in [0, 0.05) is 51.0 Å². The highest BCUT2D eigenvalue weighted by molar-refractivity contribution is 5.97. The quantitative estimate of drug-likeness (QED) is 0.216. The van der Waals surface area contributed by atoms with Crippen LogP contribution in [0, 0.1) is 0 Å². The molecule has 210 valence electrons. The lowest BCUT2D eigenvalue weighted by atomic mass is 9.95. The Morgan fingerprint density at radius 3 is 2.49 bits per heavy atom. The molecule has 4 bridgehead atoms. The summed E-state index contributed by atoms with van der Waals surface area (Å²) >= 11 is 0. The predicted molar refractivity (Wildman–Crippen MR) is 143 cm³/mol. The summed E-state index contributed by atoms with van der Waals surface area (Å²) in [5.41, 5.74) is 18.5. The molecule has 1 aliphatic carbocycles. The van der Waals surface area contributed by atoms with Gasteiger partial charge < -0.3 is 48.1 Å². The van der Waals surface area contributed by atoms with E-state index in [9.17, 15) is 29.7 Å². The van der Waals surface area contributed by atoms with Crippen LogP contribution in [0.1, 0.15) is 29.9 Å². The van der Waals surface area contributed by atoms with Crippen molar-refractivity contribution < 1.29 is 29.7 Å². The van der Waals surface area contributed by atoms with Crippen molar-refractivity contribution in [2.45, 2.75) is 48.9 Å². The summed E-state index contributed by atoms with van der Waals surface area (Å²) in [5, 5.41) is 36.9. The van der Waals surface area contributed by atoms with Crippen LogP contribution in [-0.2, 0) is 20.8 Å². The fourth-order valence-corrected chi connectivity index (χ4v) is 5.07. The first-order valence-corrected chi connectivity index (χ1v) is 12.9. The molecule has 1 fully saturated rings. The Labute approximate surface area is 226 Å². The summed E-state index contributed by atoms with van der Waals surface area (Å²) in [7, 11) is 1.42. The van der Waals surface area contributed by atoms with Gasteiger partial charge in [0.1, 0.15) is 29.1 Å². The predicted octanol–water partition coefficient (Wildman–Crippen LogP) is -1.40. The Bertz CT molecular complexity index is 1270. The first kappa shape index (κ1) is 28.3. The molecule has 12 nitrogen and oxygen atoms in total. The van der Waals surface area contributed by atoms with Crippen molar-refractivity contribution in [2.75, 3.05) is 26.7 Å². The van der Waals surface area contributed by atoms with Crippen LogP contribution in [0.3, 0.4) is 0 Å². The summed E-state index contributed by atoms with van der Waals surface area (Å²) in [6.07, 6.45) is -1.13. The maximum Gasteiger partial charge on any atom is 0.245 e. The standard InChI is InChI=1S/C27H36N6O6/c1-33-21(24(37)31-7-6-28)10-16-8-14(2-4-22(16)35)15-3-5-23(36)18(9-15)19-12-27(19,30)26(39)32-20(25(33)38)11-17(34)13-29/h2-5,8-9,17,19-21,34-36H,6-7,10-13,28-30H2,1H3,(H,31,37)(H,32,39)/t17-,19?,20+,21+,27-/m1/s1. The second-order valence-corrected chi connectivity index (χ2v) is 10.3. The van der Waals surface area contributed by atoms with Crippen molar-refractivity contribution in [1.29, 1.82) is 0 Å².